The standard InChI is InChI=1S/C75H135N2O7P/c1-7-10-13-16-19-22-25-28-30-32-34-35-36-37-38-39-40-41-43-44-46-49-52-55-58-61-64-67-74(78)76-72(71-83-85(80,81)82-70-69-77(4,5)6)73(66-63-60-57-54-51-48-27-24-21-18-15-12-9-3)84-75(79)68-65-62-59-56-53-50-47-45-42-33-31-29-26-23-20-17-14-11-8-2/h19-20,22-23,28-31,34-35,42,45,50,53,63,66,72-73H,7-18,21,24-27,32-33,36-41,43-44,46-49,51-52,54-62,64-65,67-71H2,1-6H3,(H-,76,78,80,81)/b22-19-,23-20-,30-28-,31-29-,35-34-,45-42-,53-50-,66-63-. The van der Waals surface area contributed by atoms with Crippen molar-refractivity contribution < 1.29 is 37.3 Å². The normalized spacial score (nSPS) is 14.1. The van der Waals surface area contributed by atoms with Crippen molar-refractivity contribution >= 4 is 19.7 Å². The van der Waals surface area contributed by atoms with E-state index in [1.807, 2.05) is 33.3 Å². The fourth-order valence-corrected chi connectivity index (χ4v) is 10.7. The topological polar surface area (TPSA) is 114 Å². The lowest BCUT2D eigenvalue weighted by Gasteiger charge is -2.30. The highest BCUT2D eigenvalue weighted by Gasteiger charge is 2.27. The van der Waals surface area contributed by atoms with Crippen LogP contribution in [0.3, 0.4) is 0 Å². The van der Waals surface area contributed by atoms with Gasteiger partial charge in [0.2, 0.25) is 5.91 Å². The first-order chi connectivity index (χ1) is 41.4. The lowest BCUT2D eigenvalue weighted by Crippen LogP contribution is -2.47. The number of unbranched alkanes of at least 4 members (excludes halogenated alkanes) is 34. The monoisotopic (exact) mass is 1210 g/mol. The van der Waals surface area contributed by atoms with Gasteiger partial charge < -0.3 is 28.5 Å². The van der Waals surface area contributed by atoms with Gasteiger partial charge in [-0.1, -0.05) is 285 Å². The van der Waals surface area contributed by atoms with Crippen LogP contribution in [-0.2, 0) is 27.9 Å². The van der Waals surface area contributed by atoms with Gasteiger partial charge in [-0.15, -0.1) is 0 Å². The van der Waals surface area contributed by atoms with Crippen molar-refractivity contribution in [3.63, 3.8) is 0 Å². The summed E-state index contributed by atoms with van der Waals surface area (Å²) in [5, 5.41) is 3.04. The second-order valence-corrected chi connectivity index (χ2v) is 26.4. The molecule has 0 radical (unpaired) electrons. The lowest BCUT2D eigenvalue weighted by atomic mass is 10.0. The molecule has 492 valence electrons. The molecule has 0 saturated heterocycles. The summed E-state index contributed by atoms with van der Waals surface area (Å²) in [7, 11) is 1.16. The fourth-order valence-electron chi connectivity index (χ4n) is 9.98. The molecule has 3 unspecified atom stereocenters. The molecule has 0 aromatic heterocycles. The minimum Gasteiger partial charge on any atom is -0.756 e. The Labute approximate surface area is 526 Å². The van der Waals surface area contributed by atoms with E-state index in [4.69, 9.17) is 13.8 Å². The summed E-state index contributed by atoms with van der Waals surface area (Å²) in [6, 6.07) is -0.908. The molecule has 0 bridgehead atoms. The number of nitrogens with one attached hydrogen (secondary N) is 1. The maximum Gasteiger partial charge on any atom is 0.306 e. The Morgan fingerprint density at radius 1 is 0.412 bits per heavy atom. The highest BCUT2D eigenvalue weighted by atomic mass is 31.2. The first kappa shape index (κ1) is 81.9. The van der Waals surface area contributed by atoms with E-state index in [1.165, 1.54) is 186 Å². The van der Waals surface area contributed by atoms with Gasteiger partial charge in [0.1, 0.15) is 19.3 Å². The van der Waals surface area contributed by atoms with Crippen molar-refractivity contribution in [1.82, 2.24) is 5.32 Å². The Morgan fingerprint density at radius 3 is 1.11 bits per heavy atom. The third-order valence-electron chi connectivity index (χ3n) is 15.5. The molecule has 0 rings (SSSR count). The maximum atomic E-state index is 13.6. The first-order valence-electron chi connectivity index (χ1n) is 35.5. The van der Waals surface area contributed by atoms with E-state index >= 15 is 0 Å². The van der Waals surface area contributed by atoms with Gasteiger partial charge in [-0.25, -0.2) is 0 Å². The second-order valence-electron chi connectivity index (χ2n) is 25.0. The van der Waals surface area contributed by atoms with E-state index in [-0.39, 0.29) is 24.9 Å². The molecule has 10 heteroatoms. The van der Waals surface area contributed by atoms with Crippen LogP contribution < -0.4 is 10.2 Å². The van der Waals surface area contributed by atoms with Gasteiger partial charge >= 0.3 is 5.97 Å². The summed E-state index contributed by atoms with van der Waals surface area (Å²) >= 11 is 0. The molecule has 1 N–H and O–H groups in total. The van der Waals surface area contributed by atoms with E-state index in [0.717, 1.165) is 89.9 Å². The van der Waals surface area contributed by atoms with Crippen LogP contribution in [-0.4, -0.2) is 69.4 Å². The van der Waals surface area contributed by atoms with Crippen molar-refractivity contribution in [3.05, 3.63) is 97.2 Å². The Balaban J connectivity index is 5.12. The van der Waals surface area contributed by atoms with Crippen LogP contribution in [0.1, 0.15) is 316 Å². The zero-order valence-electron chi connectivity index (χ0n) is 56.3. The number of phosphoric acid groups is 1. The Kier molecular flexibility index (Phi) is 61.6. The fraction of sp³-hybridized carbons (Fsp3) is 0.760. The summed E-state index contributed by atoms with van der Waals surface area (Å²) in [6.45, 7) is 6.79. The SMILES string of the molecule is CCCCC/C=C\C/C=C\C/C=C\C/C=C\CCCCCC(=O)OC(/C=C\CCCCCCCCCCCCC)C(COP(=O)([O-])OCC[N+](C)(C)C)NC(=O)CCCCCCCCCCCCCCCC/C=C\C/C=C\C/C=C\CCCCC. The molecule has 0 aliphatic carbocycles. The molecule has 0 heterocycles. The van der Waals surface area contributed by atoms with Gasteiger partial charge in [0.15, 0.2) is 0 Å². The average molecular weight is 1210 g/mol. The minimum absolute atomic E-state index is 0.0309. The molecule has 0 saturated carbocycles. The minimum atomic E-state index is -4.72. The molecule has 0 aromatic rings. The number of esters is 1. The van der Waals surface area contributed by atoms with Gasteiger partial charge in [0.25, 0.3) is 7.82 Å². The number of nitrogens with zero attached hydrogens (tertiary/aromatic N) is 1. The number of carbonyl (C=O) groups excluding carboxylic acids is 2. The van der Waals surface area contributed by atoms with Crippen molar-refractivity contribution in [2.24, 2.45) is 0 Å². The third-order valence-corrected chi connectivity index (χ3v) is 16.5. The Bertz CT molecular complexity index is 1780. The van der Waals surface area contributed by atoms with Gasteiger partial charge in [-0.05, 0) is 115 Å². The molecule has 0 fully saturated rings. The van der Waals surface area contributed by atoms with Gasteiger partial charge in [0, 0.05) is 12.8 Å². The van der Waals surface area contributed by atoms with E-state index in [9.17, 15) is 19.0 Å². The van der Waals surface area contributed by atoms with Crippen molar-refractivity contribution in [1.29, 1.82) is 0 Å². The number of ether oxygens (including phenoxy) is 1. The van der Waals surface area contributed by atoms with Crippen LogP contribution >= 0.6 is 7.82 Å². The number of likely N-dealkylation sites (N-methyl/N-ethyl adjacent to an activating group) is 1. The number of rotatable bonds is 64. The van der Waals surface area contributed by atoms with Crippen molar-refractivity contribution in [2.75, 3.05) is 40.9 Å². The van der Waals surface area contributed by atoms with E-state index in [0.29, 0.717) is 23.9 Å². The number of allylic oxidation sites excluding steroid dienone is 15. The number of hydrogen-bond donors (Lipinski definition) is 1. The Morgan fingerprint density at radius 2 is 0.718 bits per heavy atom. The molecule has 85 heavy (non-hydrogen) atoms. The zero-order chi connectivity index (χ0) is 62.1. The highest BCUT2D eigenvalue weighted by molar-refractivity contribution is 7.45. The molecule has 9 nitrogen and oxygen atoms in total. The average Bonchev–Trinajstić information content (AvgIpc) is 3.50. The van der Waals surface area contributed by atoms with Crippen LogP contribution in [0.2, 0.25) is 0 Å². The maximum absolute atomic E-state index is 13.6. The predicted octanol–water partition coefficient (Wildman–Crippen LogP) is 22.0. The molecular formula is C75H135N2O7P. The first-order valence-corrected chi connectivity index (χ1v) is 37.0. The van der Waals surface area contributed by atoms with E-state index in [2.05, 4.69) is 111 Å². The molecule has 0 spiro atoms. The zero-order valence-corrected chi connectivity index (χ0v) is 57.2. The van der Waals surface area contributed by atoms with Crippen LogP contribution in [0.5, 0.6) is 0 Å². The molecular weight excluding hydrogens is 1070 g/mol. The number of carbonyl (C=O) groups is 2. The summed E-state index contributed by atoms with van der Waals surface area (Å²) in [6.07, 6.45) is 86.7. The largest absolute Gasteiger partial charge is 0.756 e. The summed E-state index contributed by atoms with van der Waals surface area (Å²) < 4.78 is 30.4. The van der Waals surface area contributed by atoms with Gasteiger partial charge in [0.05, 0.1) is 33.8 Å². The van der Waals surface area contributed by atoms with Crippen molar-refractivity contribution in [2.45, 2.75) is 328 Å². The van der Waals surface area contributed by atoms with Crippen LogP contribution in [0.15, 0.2) is 97.2 Å². The summed E-state index contributed by atoms with van der Waals surface area (Å²) in [4.78, 5) is 40.2. The number of phosphoric ester groups is 1. The third kappa shape index (κ3) is 65.2. The molecule has 3 atom stereocenters. The van der Waals surface area contributed by atoms with Crippen LogP contribution in [0, 0.1) is 0 Å². The number of quaternary nitrogens is 1. The quantitative estimate of drug-likeness (QED) is 0.0212. The van der Waals surface area contributed by atoms with Crippen LogP contribution in [0.25, 0.3) is 0 Å². The van der Waals surface area contributed by atoms with Crippen molar-refractivity contribution in [3.8, 4) is 0 Å². The van der Waals surface area contributed by atoms with E-state index in [1.54, 1.807) is 0 Å². The Hall–Kier alpha value is -3.07. The van der Waals surface area contributed by atoms with Gasteiger partial charge in [-0.3, -0.25) is 14.2 Å². The smallest absolute Gasteiger partial charge is 0.306 e. The number of amides is 1. The molecule has 0 aliphatic rings. The number of hydrogen-bond acceptors (Lipinski definition) is 7. The van der Waals surface area contributed by atoms with Gasteiger partial charge in [-0.2, -0.15) is 0 Å². The van der Waals surface area contributed by atoms with Crippen LogP contribution in [0.4, 0.5) is 0 Å². The summed E-state index contributed by atoms with van der Waals surface area (Å²) in [5.41, 5.74) is 0. The molecule has 1 amide bonds. The lowest BCUT2D eigenvalue weighted by molar-refractivity contribution is -0.870. The predicted molar refractivity (Wildman–Crippen MR) is 367 cm³/mol. The highest BCUT2D eigenvalue weighted by Crippen LogP contribution is 2.38. The molecule has 0 aromatic carbocycles. The second kappa shape index (κ2) is 63.9. The van der Waals surface area contributed by atoms with E-state index < -0.39 is 26.6 Å². The summed E-state index contributed by atoms with van der Waals surface area (Å²) in [5.74, 6) is -0.573. The molecule has 0 aliphatic heterocycles.